The number of aromatic amines is 1. The minimum absolute atomic E-state index is 0.211. The molecule has 2 N–H and O–H groups in total. The Labute approximate surface area is 81.6 Å². The van der Waals surface area contributed by atoms with Gasteiger partial charge in [-0.05, 0) is 5.41 Å². The average Bonchev–Trinajstić information content (AvgIpc) is 2.01. The van der Waals surface area contributed by atoms with Crippen LogP contribution in [0.5, 0.6) is 0 Å². The lowest BCUT2D eigenvalue weighted by molar-refractivity contribution is 0.0695. The number of carboxylic acid groups (broad SMARTS) is 1. The minimum Gasteiger partial charge on any atom is -0.477 e. The SMILES string of the molecule is CC(C)(C)c1c[nH]cc(C(=O)O)c1=O. The first-order chi connectivity index (χ1) is 6.34. The molecule has 0 bridgehead atoms. The molecule has 14 heavy (non-hydrogen) atoms. The van der Waals surface area contributed by atoms with Crippen molar-refractivity contribution in [1.82, 2.24) is 4.98 Å². The van der Waals surface area contributed by atoms with Crippen LogP contribution in [-0.2, 0) is 5.41 Å². The van der Waals surface area contributed by atoms with Gasteiger partial charge < -0.3 is 10.1 Å². The molecule has 0 saturated heterocycles. The number of aromatic carboxylic acids is 1. The summed E-state index contributed by atoms with van der Waals surface area (Å²) in [4.78, 5) is 25.0. The summed E-state index contributed by atoms with van der Waals surface area (Å²) in [6.07, 6.45) is 2.76. The standard InChI is InChI=1S/C10H13NO3/c1-10(2,3)7-5-11-4-6(8(7)12)9(13)14/h4-5H,1-3H3,(H,11,12)(H,13,14). The van der Waals surface area contributed by atoms with Crippen molar-refractivity contribution in [2.24, 2.45) is 0 Å². The number of hydrogen-bond donors (Lipinski definition) is 2. The fraction of sp³-hybridized carbons (Fsp3) is 0.400. The third-order valence-corrected chi connectivity index (χ3v) is 1.98. The molecule has 0 aliphatic carbocycles. The van der Waals surface area contributed by atoms with Crippen molar-refractivity contribution in [1.29, 1.82) is 0 Å². The van der Waals surface area contributed by atoms with Gasteiger partial charge in [0, 0.05) is 18.0 Å². The monoisotopic (exact) mass is 195 g/mol. The van der Waals surface area contributed by atoms with E-state index < -0.39 is 11.4 Å². The first-order valence-corrected chi connectivity index (χ1v) is 4.29. The number of carboxylic acids is 1. The van der Waals surface area contributed by atoms with Crippen molar-refractivity contribution in [3.05, 3.63) is 33.7 Å². The molecule has 76 valence electrons. The van der Waals surface area contributed by atoms with Gasteiger partial charge in [0.15, 0.2) is 5.43 Å². The lowest BCUT2D eigenvalue weighted by Crippen LogP contribution is -2.27. The van der Waals surface area contributed by atoms with Crippen LogP contribution < -0.4 is 5.43 Å². The number of carbonyl (C=O) groups is 1. The van der Waals surface area contributed by atoms with E-state index in [1.54, 1.807) is 6.20 Å². The van der Waals surface area contributed by atoms with Crippen LogP contribution >= 0.6 is 0 Å². The largest absolute Gasteiger partial charge is 0.477 e. The summed E-state index contributed by atoms with van der Waals surface area (Å²) in [5, 5.41) is 8.74. The molecule has 0 unspecified atom stereocenters. The van der Waals surface area contributed by atoms with Gasteiger partial charge in [0.25, 0.3) is 0 Å². The van der Waals surface area contributed by atoms with E-state index in [-0.39, 0.29) is 11.0 Å². The van der Waals surface area contributed by atoms with Gasteiger partial charge in [0.2, 0.25) is 0 Å². The second-order valence-corrected chi connectivity index (χ2v) is 4.17. The van der Waals surface area contributed by atoms with Crippen molar-refractivity contribution in [2.75, 3.05) is 0 Å². The molecule has 1 heterocycles. The van der Waals surface area contributed by atoms with Crippen molar-refractivity contribution < 1.29 is 9.90 Å². The van der Waals surface area contributed by atoms with E-state index >= 15 is 0 Å². The van der Waals surface area contributed by atoms with Gasteiger partial charge in [-0.1, -0.05) is 20.8 Å². The molecular weight excluding hydrogens is 182 g/mol. The number of rotatable bonds is 1. The zero-order valence-electron chi connectivity index (χ0n) is 8.42. The molecule has 0 saturated carbocycles. The molecule has 1 aromatic rings. The first-order valence-electron chi connectivity index (χ1n) is 4.29. The molecule has 0 spiro atoms. The Hall–Kier alpha value is -1.58. The number of H-pyrrole nitrogens is 1. The second kappa shape index (κ2) is 3.29. The van der Waals surface area contributed by atoms with Gasteiger partial charge in [-0.15, -0.1) is 0 Å². The maximum atomic E-state index is 11.7. The van der Waals surface area contributed by atoms with E-state index in [1.807, 2.05) is 20.8 Å². The van der Waals surface area contributed by atoms with Crippen molar-refractivity contribution in [3.8, 4) is 0 Å². The van der Waals surface area contributed by atoms with Gasteiger partial charge in [-0.3, -0.25) is 4.79 Å². The molecule has 0 fully saturated rings. The smallest absolute Gasteiger partial charge is 0.341 e. The molecule has 0 aliphatic rings. The third kappa shape index (κ3) is 1.84. The van der Waals surface area contributed by atoms with Crippen molar-refractivity contribution >= 4 is 5.97 Å². The zero-order chi connectivity index (χ0) is 10.9. The van der Waals surface area contributed by atoms with Crippen LogP contribution in [0, 0.1) is 0 Å². The molecule has 4 nitrogen and oxygen atoms in total. The fourth-order valence-corrected chi connectivity index (χ4v) is 1.20. The lowest BCUT2D eigenvalue weighted by atomic mass is 9.87. The summed E-state index contributed by atoms with van der Waals surface area (Å²) in [6.45, 7) is 5.59. The highest BCUT2D eigenvalue weighted by Gasteiger charge is 2.21. The van der Waals surface area contributed by atoms with Crippen molar-refractivity contribution in [2.45, 2.75) is 26.2 Å². The molecule has 1 aromatic heterocycles. The zero-order valence-corrected chi connectivity index (χ0v) is 8.42. The number of pyridine rings is 1. The Kier molecular flexibility index (Phi) is 2.47. The maximum Gasteiger partial charge on any atom is 0.341 e. The minimum atomic E-state index is -1.20. The fourth-order valence-electron chi connectivity index (χ4n) is 1.20. The predicted molar refractivity (Wildman–Crippen MR) is 52.7 cm³/mol. The van der Waals surface area contributed by atoms with Crippen LogP contribution in [0.25, 0.3) is 0 Å². The molecule has 0 radical (unpaired) electrons. The summed E-state index contributed by atoms with van der Waals surface area (Å²) >= 11 is 0. The first kappa shape index (κ1) is 10.5. The topological polar surface area (TPSA) is 70.2 Å². The van der Waals surface area contributed by atoms with Crippen LogP contribution in [0.1, 0.15) is 36.7 Å². The summed E-state index contributed by atoms with van der Waals surface area (Å²) in [5.41, 5.74) is -0.488. The summed E-state index contributed by atoms with van der Waals surface area (Å²) in [7, 11) is 0. The molecule has 0 amide bonds. The Morgan fingerprint density at radius 2 is 1.93 bits per heavy atom. The Bertz CT molecular complexity index is 412. The van der Waals surface area contributed by atoms with Crippen LogP contribution in [0.15, 0.2) is 17.2 Å². The van der Waals surface area contributed by atoms with E-state index in [2.05, 4.69) is 4.98 Å². The molecule has 0 aliphatic heterocycles. The van der Waals surface area contributed by atoms with Crippen LogP contribution in [0.4, 0.5) is 0 Å². The highest BCUT2D eigenvalue weighted by Crippen LogP contribution is 2.17. The highest BCUT2D eigenvalue weighted by molar-refractivity contribution is 5.87. The second-order valence-electron chi connectivity index (χ2n) is 4.17. The van der Waals surface area contributed by atoms with Crippen LogP contribution in [0.2, 0.25) is 0 Å². The molecule has 1 rings (SSSR count). The molecule has 0 atom stereocenters. The lowest BCUT2D eigenvalue weighted by Gasteiger charge is -2.17. The highest BCUT2D eigenvalue weighted by atomic mass is 16.4. The Morgan fingerprint density at radius 1 is 1.36 bits per heavy atom. The van der Waals surface area contributed by atoms with Gasteiger partial charge >= 0.3 is 5.97 Å². The van der Waals surface area contributed by atoms with Crippen LogP contribution in [-0.4, -0.2) is 16.1 Å². The summed E-state index contributed by atoms with van der Waals surface area (Å²) in [6, 6.07) is 0. The number of aromatic nitrogens is 1. The maximum absolute atomic E-state index is 11.7. The van der Waals surface area contributed by atoms with Gasteiger partial charge in [-0.25, -0.2) is 4.79 Å². The molecule has 0 aromatic carbocycles. The third-order valence-electron chi connectivity index (χ3n) is 1.98. The Balaban J connectivity index is 3.44. The van der Waals surface area contributed by atoms with Crippen molar-refractivity contribution in [3.63, 3.8) is 0 Å². The summed E-state index contributed by atoms with van der Waals surface area (Å²) in [5.74, 6) is -1.20. The van der Waals surface area contributed by atoms with E-state index in [0.29, 0.717) is 5.56 Å². The van der Waals surface area contributed by atoms with E-state index in [1.165, 1.54) is 6.20 Å². The van der Waals surface area contributed by atoms with E-state index in [4.69, 9.17) is 5.11 Å². The Morgan fingerprint density at radius 3 is 2.36 bits per heavy atom. The van der Waals surface area contributed by atoms with Gasteiger partial charge in [-0.2, -0.15) is 0 Å². The quantitative estimate of drug-likeness (QED) is 0.711. The van der Waals surface area contributed by atoms with E-state index in [9.17, 15) is 9.59 Å². The number of nitrogens with one attached hydrogen (secondary N) is 1. The normalized spacial score (nSPS) is 11.4. The van der Waals surface area contributed by atoms with E-state index in [0.717, 1.165) is 0 Å². The molecule has 4 heteroatoms. The average molecular weight is 195 g/mol. The van der Waals surface area contributed by atoms with Crippen LogP contribution in [0.3, 0.4) is 0 Å². The predicted octanol–water partition coefficient (Wildman–Crippen LogP) is 1.37. The molecular formula is C10H13NO3. The number of hydrogen-bond acceptors (Lipinski definition) is 2. The van der Waals surface area contributed by atoms with Gasteiger partial charge in [0.05, 0.1) is 0 Å². The summed E-state index contributed by atoms with van der Waals surface area (Å²) < 4.78 is 0. The van der Waals surface area contributed by atoms with Gasteiger partial charge in [0.1, 0.15) is 5.56 Å².